The Balaban J connectivity index is 2.50. The van der Waals surface area contributed by atoms with E-state index in [0.29, 0.717) is 31.3 Å². The molecule has 0 aliphatic rings. The minimum absolute atomic E-state index is 0.449. The molecule has 1 aromatic heterocycles. The largest absolute Gasteiger partial charge is 0.493 e. The molecular formula is C15H20N2O3S. The van der Waals surface area contributed by atoms with Crippen LogP contribution in [0.2, 0.25) is 0 Å². The lowest BCUT2D eigenvalue weighted by Gasteiger charge is -2.12. The molecule has 0 spiro atoms. The second kappa shape index (κ2) is 7.40. The van der Waals surface area contributed by atoms with Gasteiger partial charge in [-0.25, -0.2) is 4.98 Å². The number of methoxy groups -OCH3 is 2. The second-order valence-electron chi connectivity index (χ2n) is 4.30. The van der Waals surface area contributed by atoms with Gasteiger partial charge in [0.05, 0.1) is 31.6 Å². The van der Waals surface area contributed by atoms with Gasteiger partial charge in [-0.15, -0.1) is 11.3 Å². The van der Waals surface area contributed by atoms with Gasteiger partial charge in [-0.05, 0) is 19.1 Å². The standard InChI is InChI=1S/C15H20N2O3S/c1-4-20-14-10(6-5-7-12(14)19-3)15-17-11(9-18-2)13(8-16)21-15/h5-7H,4,8-9,16H2,1-3H3. The maximum absolute atomic E-state index is 5.78. The Hall–Kier alpha value is -1.63. The van der Waals surface area contributed by atoms with Crippen molar-refractivity contribution in [2.45, 2.75) is 20.1 Å². The molecule has 0 saturated heterocycles. The van der Waals surface area contributed by atoms with Crippen LogP contribution in [0.5, 0.6) is 11.5 Å². The number of aromatic nitrogens is 1. The van der Waals surface area contributed by atoms with Crippen LogP contribution >= 0.6 is 11.3 Å². The van der Waals surface area contributed by atoms with Crippen LogP contribution in [0.1, 0.15) is 17.5 Å². The van der Waals surface area contributed by atoms with Gasteiger partial charge in [-0.1, -0.05) is 6.07 Å². The Bertz CT molecular complexity index is 599. The number of nitrogens with two attached hydrogens (primary N) is 1. The zero-order valence-electron chi connectivity index (χ0n) is 12.5. The lowest BCUT2D eigenvalue weighted by Crippen LogP contribution is -1.99. The van der Waals surface area contributed by atoms with E-state index >= 15 is 0 Å². The predicted octanol–water partition coefficient (Wildman–Crippen LogP) is 2.82. The summed E-state index contributed by atoms with van der Waals surface area (Å²) in [5.41, 5.74) is 7.58. The van der Waals surface area contributed by atoms with Crippen molar-refractivity contribution in [1.29, 1.82) is 0 Å². The zero-order valence-corrected chi connectivity index (χ0v) is 13.3. The van der Waals surface area contributed by atoms with Gasteiger partial charge in [0.2, 0.25) is 0 Å². The monoisotopic (exact) mass is 308 g/mol. The van der Waals surface area contributed by atoms with Crippen LogP contribution in [-0.4, -0.2) is 25.8 Å². The molecule has 0 atom stereocenters. The molecule has 6 heteroatoms. The predicted molar refractivity (Wildman–Crippen MR) is 83.9 cm³/mol. The van der Waals surface area contributed by atoms with E-state index in [-0.39, 0.29) is 0 Å². The van der Waals surface area contributed by atoms with Crippen molar-refractivity contribution in [3.05, 3.63) is 28.8 Å². The van der Waals surface area contributed by atoms with E-state index in [0.717, 1.165) is 21.1 Å². The molecule has 0 fully saturated rings. The van der Waals surface area contributed by atoms with E-state index in [1.54, 1.807) is 25.6 Å². The van der Waals surface area contributed by atoms with E-state index < -0.39 is 0 Å². The van der Waals surface area contributed by atoms with E-state index in [2.05, 4.69) is 4.98 Å². The summed E-state index contributed by atoms with van der Waals surface area (Å²) < 4.78 is 16.3. The molecule has 0 radical (unpaired) electrons. The number of thiazole rings is 1. The van der Waals surface area contributed by atoms with Crippen molar-refractivity contribution in [3.63, 3.8) is 0 Å². The summed E-state index contributed by atoms with van der Waals surface area (Å²) >= 11 is 1.56. The van der Waals surface area contributed by atoms with Crippen molar-refractivity contribution in [3.8, 4) is 22.1 Å². The fourth-order valence-corrected chi connectivity index (χ4v) is 3.01. The third kappa shape index (κ3) is 3.34. The normalized spacial score (nSPS) is 10.7. The summed E-state index contributed by atoms with van der Waals surface area (Å²) in [6, 6.07) is 5.78. The first-order valence-corrected chi connectivity index (χ1v) is 7.54. The Morgan fingerprint density at radius 2 is 2.10 bits per heavy atom. The average molecular weight is 308 g/mol. The Kier molecular flexibility index (Phi) is 5.55. The maximum Gasteiger partial charge on any atom is 0.171 e. The molecule has 114 valence electrons. The quantitative estimate of drug-likeness (QED) is 0.852. The van der Waals surface area contributed by atoms with Crippen molar-refractivity contribution in [2.75, 3.05) is 20.8 Å². The summed E-state index contributed by atoms with van der Waals surface area (Å²) in [5.74, 6) is 1.41. The van der Waals surface area contributed by atoms with Gasteiger partial charge < -0.3 is 19.9 Å². The highest BCUT2D eigenvalue weighted by Gasteiger charge is 2.17. The summed E-state index contributed by atoms with van der Waals surface area (Å²) in [6.45, 7) is 3.41. The van der Waals surface area contributed by atoms with E-state index in [1.165, 1.54) is 0 Å². The number of benzene rings is 1. The number of nitrogens with zero attached hydrogens (tertiary/aromatic N) is 1. The molecule has 0 unspecified atom stereocenters. The number of para-hydroxylation sites is 1. The van der Waals surface area contributed by atoms with Crippen LogP contribution < -0.4 is 15.2 Å². The summed E-state index contributed by atoms with van der Waals surface area (Å²) in [7, 11) is 3.28. The molecule has 0 saturated carbocycles. The SMILES string of the molecule is CCOc1c(OC)cccc1-c1nc(COC)c(CN)s1. The van der Waals surface area contributed by atoms with Gasteiger partial charge in [0.15, 0.2) is 11.5 Å². The van der Waals surface area contributed by atoms with Crippen molar-refractivity contribution >= 4 is 11.3 Å². The molecule has 0 aliphatic carbocycles. The van der Waals surface area contributed by atoms with Crippen LogP contribution in [0.4, 0.5) is 0 Å². The molecule has 1 heterocycles. The highest BCUT2D eigenvalue weighted by atomic mass is 32.1. The summed E-state index contributed by atoms with van der Waals surface area (Å²) in [6.07, 6.45) is 0. The van der Waals surface area contributed by atoms with Crippen LogP contribution in [0.25, 0.3) is 10.6 Å². The molecule has 2 rings (SSSR count). The lowest BCUT2D eigenvalue weighted by molar-refractivity contribution is 0.181. The first kappa shape index (κ1) is 15.8. The first-order valence-electron chi connectivity index (χ1n) is 6.72. The van der Waals surface area contributed by atoms with Gasteiger partial charge in [-0.2, -0.15) is 0 Å². The molecular weight excluding hydrogens is 288 g/mol. The summed E-state index contributed by atoms with van der Waals surface area (Å²) in [5, 5.41) is 0.866. The maximum atomic E-state index is 5.78. The van der Waals surface area contributed by atoms with Gasteiger partial charge in [0, 0.05) is 18.5 Å². The average Bonchev–Trinajstić information content (AvgIpc) is 2.91. The zero-order chi connectivity index (χ0) is 15.2. The molecule has 1 aromatic carbocycles. The van der Waals surface area contributed by atoms with Gasteiger partial charge >= 0.3 is 0 Å². The van der Waals surface area contributed by atoms with Crippen molar-refractivity contribution in [1.82, 2.24) is 4.98 Å². The van der Waals surface area contributed by atoms with Gasteiger partial charge in [-0.3, -0.25) is 0 Å². The highest BCUT2D eigenvalue weighted by molar-refractivity contribution is 7.15. The van der Waals surface area contributed by atoms with Gasteiger partial charge in [0.25, 0.3) is 0 Å². The molecule has 0 bridgehead atoms. The second-order valence-corrected chi connectivity index (χ2v) is 5.38. The smallest absolute Gasteiger partial charge is 0.171 e. The minimum atomic E-state index is 0.449. The van der Waals surface area contributed by atoms with Crippen LogP contribution in [0, 0.1) is 0 Å². The third-order valence-electron chi connectivity index (χ3n) is 2.96. The van der Waals surface area contributed by atoms with Crippen LogP contribution in [-0.2, 0) is 17.9 Å². The number of hydrogen-bond acceptors (Lipinski definition) is 6. The molecule has 0 amide bonds. The molecule has 2 aromatic rings. The minimum Gasteiger partial charge on any atom is -0.493 e. The van der Waals surface area contributed by atoms with Crippen LogP contribution in [0.15, 0.2) is 18.2 Å². The molecule has 5 nitrogen and oxygen atoms in total. The third-order valence-corrected chi connectivity index (χ3v) is 4.12. The first-order chi connectivity index (χ1) is 10.2. The van der Waals surface area contributed by atoms with Crippen molar-refractivity contribution < 1.29 is 14.2 Å². The highest BCUT2D eigenvalue weighted by Crippen LogP contribution is 2.40. The van der Waals surface area contributed by atoms with Gasteiger partial charge in [0.1, 0.15) is 5.01 Å². The Morgan fingerprint density at radius 1 is 1.29 bits per heavy atom. The van der Waals surface area contributed by atoms with Crippen LogP contribution in [0.3, 0.4) is 0 Å². The number of rotatable bonds is 7. The molecule has 2 N–H and O–H groups in total. The Morgan fingerprint density at radius 3 is 2.71 bits per heavy atom. The summed E-state index contributed by atoms with van der Waals surface area (Å²) in [4.78, 5) is 5.66. The number of ether oxygens (including phenoxy) is 3. The topological polar surface area (TPSA) is 66.6 Å². The fourth-order valence-electron chi connectivity index (χ4n) is 2.05. The number of hydrogen-bond donors (Lipinski definition) is 1. The lowest BCUT2D eigenvalue weighted by atomic mass is 10.2. The molecule has 0 aliphatic heterocycles. The van der Waals surface area contributed by atoms with E-state index in [9.17, 15) is 0 Å². The molecule has 21 heavy (non-hydrogen) atoms. The fraction of sp³-hybridized carbons (Fsp3) is 0.400. The Labute approximate surface area is 128 Å². The van der Waals surface area contributed by atoms with Crippen molar-refractivity contribution in [2.24, 2.45) is 5.73 Å². The van der Waals surface area contributed by atoms with E-state index in [4.69, 9.17) is 19.9 Å². The van der Waals surface area contributed by atoms with E-state index in [1.807, 2.05) is 25.1 Å².